The van der Waals surface area contributed by atoms with E-state index in [4.69, 9.17) is 0 Å². The quantitative estimate of drug-likeness (QED) is 0.786. The molecule has 2 nitrogen and oxygen atoms in total. The number of nitrogens with zero attached hydrogens (tertiary/aromatic N) is 2. The van der Waals surface area contributed by atoms with Crippen LogP contribution >= 0.6 is 0 Å². The molecule has 0 radical (unpaired) electrons. The second-order valence-corrected chi connectivity index (χ2v) is 4.78. The van der Waals surface area contributed by atoms with E-state index < -0.39 is 0 Å². The van der Waals surface area contributed by atoms with Crippen LogP contribution in [-0.2, 0) is 0 Å². The standard InChI is InChI=1S/C16H20N2/c1-2-3-8-14-11-7-12-16(13-17)18(14)15-9-5-4-6-10-15/h4-6,9-10,12,14H,2-3,7-8,11H2,1H3. The Morgan fingerprint density at radius 2 is 2.11 bits per heavy atom. The maximum Gasteiger partial charge on any atom is 0.117 e. The van der Waals surface area contributed by atoms with E-state index >= 15 is 0 Å². The van der Waals surface area contributed by atoms with Crippen LogP contribution in [0.1, 0.15) is 39.0 Å². The van der Waals surface area contributed by atoms with E-state index in [0.29, 0.717) is 6.04 Å². The summed E-state index contributed by atoms with van der Waals surface area (Å²) in [6, 6.07) is 13.1. The number of allylic oxidation sites excluding steroid dienone is 2. The molecule has 0 saturated carbocycles. The lowest BCUT2D eigenvalue weighted by molar-refractivity contribution is 0.511. The molecule has 1 heterocycles. The van der Waals surface area contributed by atoms with Crippen molar-refractivity contribution in [2.24, 2.45) is 0 Å². The molecule has 2 heteroatoms. The molecule has 18 heavy (non-hydrogen) atoms. The molecule has 1 aliphatic heterocycles. The van der Waals surface area contributed by atoms with Crippen molar-refractivity contribution in [2.75, 3.05) is 4.90 Å². The minimum Gasteiger partial charge on any atom is -0.330 e. The highest BCUT2D eigenvalue weighted by Gasteiger charge is 2.24. The zero-order chi connectivity index (χ0) is 12.8. The minimum atomic E-state index is 0.479. The van der Waals surface area contributed by atoms with Crippen LogP contribution in [0.4, 0.5) is 5.69 Å². The lowest BCUT2D eigenvalue weighted by atomic mass is 9.97. The molecule has 0 aliphatic carbocycles. The third-order valence-electron chi connectivity index (χ3n) is 3.50. The van der Waals surface area contributed by atoms with Gasteiger partial charge >= 0.3 is 0 Å². The lowest BCUT2D eigenvalue weighted by Crippen LogP contribution is -2.36. The normalized spacial score (nSPS) is 19.2. The number of para-hydroxylation sites is 1. The summed E-state index contributed by atoms with van der Waals surface area (Å²) < 4.78 is 0. The molecule has 0 amide bonds. The van der Waals surface area contributed by atoms with Gasteiger partial charge in [0.05, 0.1) is 0 Å². The molecule has 94 valence electrons. The van der Waals surface area contributed by atoms with Crippen molar-refractivity contribution >= 4 is 5.69 Å². The van der Waals surface area contributed by atoms with Crippen LogP contribution in [0, 0.1) is 11.3 Å². The Kier molecular flexibility index (Phi) is 4.41. The van der Waals surface area contributed by atoms with Crippen molar-refractivity contribution in [3.05, 3.63) is 42.1 Å². The van der Waals surface area contributed by atoms with Crippen LogP contribution in [0.3, 0.4) is 0 Å². The van der Waals surface area contributed by atoms with Gasteiger partial charge < -0.3 is 4.90 Å². The van der Waals surface area contributed by atoms with E-state index in [1.165, 1.54) is 19.3 Å². The summed E-state index contributed by atoms with van der Waals surface area (Å²) in [5.41, 5.74) is 1.96. The van der Waals surface area contributed by atoms with Crippen LogP contribution in [0.2, 0.25) is 0 Å². The maximum absolute atomic E-state index is 9.31. The molecule has 2 rings (SSSR count). The third kappa shape index (κ3) is 2.73. The fourth-order valence-electron chi connectivity index (χ4n) is 2.59. The fourth-order valence-corrected chi connectivity index (χ4v) is 2.59. The predicted molar refractivity (Wildman–Crippen MR) is 75.2 cm³/mol. The first-order valence-corrected chi connectivity index (χ1v) is 6.81. The topological polar surface area (TPSA) is 27.0 Å². The number of unbranched alkanes of at least 4 members (excludes halogenated alkanes) is 1. The third-order valence-corrected chi connectivity index (χ3v) is 3.50. The molecule has 0 bridgehead atoms. The molecule has 0 N–H and O–H groups in total. The van der Waals surface area contributed by atoms with Crippen molar-refractivity contribution in [1.82, 2.24) is 0 Å². The molecule has 1 aliphatic rings. The molecule has 1 aromatic carbocycles. The molecule has 1 aromatic rings. The number of benzene rings is 1. The number of anilines is 1. The molecular weight excluding hydrogens is 220 g/mol. The summed E-state index contributed by atoms with van der Waals surface area (Å²) in [5.74, 6) is 0. The second-order valence-electron chi connectivity index (χ2n) is 4.78. The summed E-state index contributed by atoms with van der Waals surface area (Å²) >= 11 is 0. The second kappa shape index (κ2) is 6.26. The van der Waals surface area contributed by atoms with Crippen molar-refractivity contribution in [3.63, 3.8) is 0 Å². The molecule has 0 aromatic heterocycles. The van der Waals surface area contributed by atoms with Crippen LogP contribution in [-0.4, -0.2) is 6.04 Å². The molecular formula is C16H20N2. The minimum absolute atomic E-state index is 0.479. The van der Waals surface area contributed by atoms with Gasteiger partial charge in [0.1, 0.15) is 11.8 Å². The summed E-state index contributed by atoms with van der Waals surface area (Å²) in [5, 5.41) is 9.31. The van der Waals surface area contributed by atoms with Crippen LogP contribution < -0.4 is 4.90 Å². The zero-order valence-electron chi connectivity index (χ0n) is 11.0. The molecule has 1 unspecified atom stereocenters. The first-order valence-electron chi connectivity index (χ1n) is 6.81. The summed E-state index contributed by atoms with van der Waals surface area (Å²) in [4.78, 5) is 2.22. The maximum atomic E-state index is 9.31. The average molecular weight is 240 g/mol. The number of rotatable bonds is 4. The Morgan fingerprint density at radius 3 is 2.78 bits per heavy atom. The van der Waals surface area contributed by atoms with Crippen LogP contribution in [0.25, 0.3) is 0 Å². The van der Waals surface area contributed by atoms with Gasteiger partial charge in [0, 0.05) is 11.7 Å². The molecule has 0 saturated heterocycles. The van der Waals surface area contributed by atoms with Crippen molar-refractivity contribution in [3.8, 4) is 6.07 Å². The Balaban J connectivity index is 2.26. The molecule has 0 fully saturated rings. The van der Waals surface area contributed by atoms with Gasteiger partial charge in [-0.05, 0) is 37.5 Å². The van der Waals surface area contributed by atoms with Gasteiger partial charge in [0.15, 0.2) is 0 Å². The Bertz CT molecular complexity index is 442. The largest absolute Gasteiger partial charge is 0.330 e. The lowest BCUT2D eigenvalue weighted by Gasteiger charge is -2.36. The van der Waals surface area contributed by atoms with Gasteiger partial charge in [-0.2, -0.15) is 5.26 Å². The van der Waals surface area contributed by atoms with Gasteiger partial charge in [-0.15, -0.1) is 0 Å². The van der Waals surface area contributed by atoms with E-state index in [0.717, 1.165) is 24.2 Å². The van der Waals surface area contributed by atoms with Gasteiger partial charge in [-0.25, -0.2) is 0 Å². The van der Waals surface area contributed by atoms with Gasteiger partial charge in [0.25, 0.3) is 0 Å². The van der Waals surface area contributed by atoms with Crippen molar-refractivity contribution in [1.29, 1.82) is 5.26 Å². The Labute approximate surface area is 110 Å². The van der Waals surface area contributed by atoms with E-state index in [1.807, 2.05) is 18.2 Å². The monoisotopic (exact) mass is 240 g/mol. The van der Waals surface area contributed by atoms with E-state index in [2.05, 4.69) is 36.1 Å². The highest BCUT2D eigenvalue weighted by atomic mass is 15.2. The average Bonchev–Trinajstić information content (AvgIpc) is 2.45. The zero-order valence-corrected chi connectivity index (χ0v) is 11.0. The first-order chi connectivity index (χ1) is 8.86. The van der Waals surface area contributed by atoms with Crippen molar-refractivity contribution in [2.45, 2.75) is 45.1 Å². The van der Waals surface area contributed by atoms with E-state index in [1.54, 1.807) is 0 Å². The van der Waals surface area contributed by atoms with E-state index in [-0.39, 0.29) is 0 Å². The number of hydrogen-bond donors (Lipinski definition) is 0. The highest BCUT2D eigenvalue weighted by Crippen LogP contribution is 2.30. The fraction of sp³-hybridized carbons (Fsp3) is 0.438. The predicted octanol–water partition coefficient (Wildman–Crippen LogP) is 4.25. The van der Waals surface area contributed by atoms with Crippen LogP contribution in [0.5, 0.6) is 0 Å². The van der Waals surface area contributed by atoms with Gasteiger partial charge in [-0.1, -0.05) is 38.0 Å². The van der Waals surface area contributed by atoms with E-state index in [9.17, 15) is 5.26 Å². The van der Waals surface area contributed by atoms with Crippen molar-refractivity contribution < 1.29 is 0 Å². The van der Waals surface area contributed by atoms with Crippen LogP contribution in [0.15, 0.2) is 42.1 Å². The first kappa shape index (κ1) is 12.7. The smallest absolute Gasteiger partial charge is 0.117 e. The molecule has 0 spiro atoms. The Hall–Kier alpha value is -1.75. The SMILES string of the molecule is CCCCC1CCC=C(C#N)N1c1ccccc1. The summed E-state index contributed by atoms with van der Waals surface area (Å²) in [6.45, 7) is 2.22. The van der Waals surface area contributed by atoms with Gasteiger partial charge in [0.2, 0.25) is 0 Å². The van der Waals surface area contributed by atoms with Gasteiger partial charge in [-0.3, -0.25) is 0 Å². The number of hydrogen-bond acceptors (Lipinski definition) is 2. The summed E-state index contributed by atoms with van der Waals surface area (Å²) in [6.07, 6.45) is 7.86. The number of nitriles is 1. The summed E-state index contributed by atoms with van der Waals surface area (Å²) in [7, 11) is 0. The molecule has 1 atom stereocenters. The highest BCUT2D eigenvalue weighted by molar-refractivity contribution is 5.57. The Morgan fingerprint density at radius 1 is 1.33 bits per heavy atom.